The molecule has 0 spiro atoms. The number of allylic oxidation sites excluding steroid dienone is 2. The Bertz CT molecular complexity index is 1690. The standard InChI is InChI=1S/2C21H23.C2H4.2ClH.Ti/c2*1-5-15-13-17-7-6-8-19(20(17)14-15)16-9-11-18(12-10-16)21(2,3)4;1-2;;;/h2*6-14H,5H2,1-4H3;1-2H2;2*1H;/q;;;;;+2/p-2. The van der Waals surface area contributed by atoms with E-state index in [1.165, 1.54) is 54.0 Å². The van der Waals surface area contributed by atoms with E-state index in [9.17, 15) is 0 Å². The van der Waals surface area contributed by atoms with Gasteiger partial charge in [-0.25, -0.2) is 0 Å². The predicted octanol–water partition coefficient (Wildman–Crippen LogP) is 7.02. The molecule has 1 heterocycles. The van der Waals surface area contributed by atoms with Gasteiger partial charge >= 0.3 is 277 Å². The smallest absolute Gasteiger partial charge is 1.00 e. The van der Waals surface area contributed by atoms with Crippen molar-refractivity contribution in [2.24, 2.45) is 0 Å². The summed E-state index contributed by atoms with van der Waals surface area (Å²) in [5.41, 5.74) is 18.4. The Labute approximate surface area is 300 Å². The van der Waals surface area contributed by atoms with Crippen molar-refractivity contribution < 1.29 is 41.4 Å². The van der Waals surface area contributed by atoms with Crippen LogP contribution in [0.5, 0.6) is 0 Å². The van der Waals surface area contributed by atoms with Crippen molar-refractivity contribution in [3.63, 3.8) is 0 Å². The molecule has 47 heavy (non-hydrogen) atoms. The minimum Gasteiger partial charge on any atom is -1.00 e. The fraction of sp³-hybridized carbons (Fsp3) is 0.364. The summed E-state index contributed by atoms with van der Waals surface area (Å²) in [5.74, 6) is 0. The number of hydrogen-bond acceptors (Lipinski definition) is 0. The summed E-state index contributed by atoms with van der Waals surface area (Å²) in [6, 6.07) is 33.2. The number of halogens is 2. The molecule has 0 nitrogen and oxygen atoms in total. The number of hydrogen-bond donors (Lipinski definition) is 0. The summed E-state index contributed by atoms with van der Waals surface area (Å²) in [7, 11) is 0. The van der Waals surface area contributed by atoms with Gasteiger partial charge in [0.2, 0.25) is 0 Å². The van der Waals surface area contributed by atoms with E-state index in [1.54, 1.807) is 22.3 Å². The summed E-state index contributed by atoms with van der Waals surface area (Å²) >= 11 is -2.40. The monoisotopic (exact) mass is 696 g/mol. The Hall–Kier alpha value is -2.35. The molecule has 1 fully saturated rings. The third kappa shape index (κ3) is 6.19. The molecule has 244 valence electrons. The molecule has 0 saturated carbocycles. The average molecular weight is 698 g/mol. The van der Waals surface area contributed by atoms with Crippen molar-refractivity contribution in [2.45, 2.75) is 97.0 Å². The molecule has 0 N–H and O–H groups in total. The van der Waals surface area contributed by atoms with Crippen LogP contribution >= 0.6 is 0 Å². The minimum absolute atomic E-state index is 0. The third-order valence-corrected chi connectivity index (χ3v) is 19.5. The molecule has 0 amide bonds. The summed E-state index contributed by atoms with van der Waals surface area (Å²) < 4.78 is 4.30. The van der Waals surface area contributed by atoms with Crippen LogP contribution in [0, 0.1) is 0 Å². The number of rotatable bonds is 6. The van der Waals surface area contributed by atoms with Crippen LogP contribution in [0.1, 0.15) is 110 Å². The van der Waals surface area contributed by atoms with Crippen molar-refractivity contribution in [2.75, 3.05) is 0 Å². The first-order valence-corrected chi connectivity index (χ1v) is 21.4. The number of fused-ring (bicyclic) bond motifs is 2. The molecule has 2 unspecified atom stereocenters. The van der Waals surface area contributed by atoms with Crippen LogP contribution < -0.4 is 24.8 Å². The Morgan fingerprint density at radius 2 is 0.894 bits per heavy atom. The van der Waals surface area contributed by atoms with E-state index >= 15 is 0 Å². The van der Waals surface area contributed by atoms with E-state index in [-0.39, 0.29) is 35.6 Å². The van der Waals surface area contributed by atoms with Crippen LogP contribution in [-0.4, -0.2) is 0 Å². The fourth-order valence-corrected chi connectivity index (χ4v) is 19.1. The van der Waals surface area contributed by atoms with E-state index in [2.05, 4.69) is 152 Å². The van der Waals surface area contributed by atoms with Crippen molar-refractivity contribution >= 4 is 12.2 Å². The summed E-state index contributed by atoms with van der Waals surface area (Å²) in [6.45, 7) is 18.6. The van der Waals surface area contributed by atoms with Gasteiger partial charge in [-0.1, -0.05) is 0 Å². The number of benzene rings is 4. The maximum atomic E-state index is 2.62. The molecule has 0 radical (unpaired) electrons. The zero-order valence-electron chi connectivity index (χ0n) is 29.5. The molecule has 1 saturated heterocycles. The molecule has 3 heteroatoms. The van der Waals surface area contributed by atoms with Gasteiger partial charge in [0.1, 0.15) is 0 Å². The predicted molar refractivity (Wildman–Crippen MR) is 193 cm³/mol. The van der Waals surface area contributed by atoms with Gasteiger partial charge in [0.25, 0.3) is 0 Å². The fourth-order valence-electron chi connectivity index (χ4n) is 8.59. The maximum absolute atomic E-state index is 2.62. The van der Waals surface area contributed by atoms with E-state index in [0.717, 1.165) is 12.8 Å². The maximum Gasteiger partial charge on any atom is -1.00 e. The Balaban J connectivity index is 0.00000217. The van der Waals surface area contributed by atoms with Crippen LogP contribution in [0.25, 0.3) is 34.4 Å². The summed E-state index contributed by atoms with van der Waals surface area (Å²) in [4.78, 5) is 0. The first kappa shape index (κ1) is 35.9. The van der Waals surface area contributed by atoms with Crippen molar-refractivity contribution in [3.8, 4) is 22.3 Å². The molecule has 0 aromatic heterocycles. The van der Waals surface area contributed by atoms with Crippen molar-refractivity contribution in [1.29, 1.82) is 0 Å². The largest absolute Gasteiger partial charge is 1.00 e. The Kier molecular flexibility index (Phi) is 10.1. The second kappa shape index (κ2) is 13.2. The summed E-state index contributed by atoms with van der Waals surface area (Å²) in [5, 5.41) is 0. The van der Waals surface area contributed by atoms with Crippen molar-refractivity contribution in [3.05, 3.63) is 129 Å². The Morgan fingerprint density at radius 3 is 1.19 bits per heavy atom. The minimum atomic E-state index is -2.40. The second-order valence-electron chi connectivity index (χ2n) is 16.0. The first-order chi connectivity index (χ1) is 21.5. The van der Waals surface area contributed by atoms with E-state index in [4.69, 9.17) is 0 Å². The Morgan fingerprint density at radius 1 is 0.532 bits per heavy atom. The van der Waals surface area contributed by atoms with Gasteiger partial charge in [-0.3, -0.25) is 0 Å². The van der Waals surface area contributed by atoms with Crippen LogP contribution in [0.4, 0.5) is 0 Å². The second-order valence-corrected chi connectivity index (χ2v) is 23.2. The zero-order valence-corrected chi connectivity index (χ0v) is 32.6. The third-order valence-electron chi connectivity index (χ3n) is 11.2. The van der Waals surface area contributed by atoms with E-state index in [1.807, 2.05) is 0 Å². The summed E-state index contributed by atoms with van der Waals surface area (Å²) in [6.07, 6.45) is 7.55. The van der Waals surface area contributed by atoms with Crippen LogP contribution in [0.2, 0.25) is 9.45 Å². The van der Waals surface area contributed by atoms with Gasteiger partial charge in [-0.05, 0) is 0 Å². The normalized spacial score (nSPS) is 18.5. The van der Waals surface area contributed by atoms with Crippen LogP contribution in [0.15, 0.2) is 96.1 Å². The molecular formula is C44H50Cl2Ti. The SMILES string of the molecule is CCC1=Cc2c(-c3ccc(C(C)(C)C)cc3)cccc2[CH]1[Ti+2]1([CH]2C(CC)=Cc3c(-c4ccc(C(C)(C)C)cc4)cccc32)[CH2][CH2]1.[Cl-].[Cl-]. The zero-order chi connectivity index (χ0) is 31.7. The van der Waals surface area contributed by atoms with Gasteiger partial charge in [0.15, 0.2) is 0 Å². The molecule has 4 aromatic rings. The van der Waals surface area contributed by atoms with Gasteiger partial charge < -0.3 is 24.8 Å². The van der Waals surface area contributed by atoms with E-state index in [0.29, 0.717) is 8.45 Å². The van der Waals surface area contributed by atoms with Crippen LogP contribution in [0.3, 0.4) is 0 Å². The quantitative estimate of drug-likeness (QED) is 0.190. The average Bonchev–Trinajstić information content (AvgIpc) is 3.55. The van der Waals surface area contributed by atoms with Crippen LogP contribution in [-0.2, 0) is 27.4 Å². The van der Waals surface area contributed by atoms with Gasteiger partial charge in [-0.15, -0.1) is 0 Å². The van der Waals surface area contributed by atoms with Gasteiger partial charge in [0.05, 0.1) is 0 Å². The molecule has 2 atom stereocenters. The van der Waals surface area contributed by atoms with E-state index < -0.39 is 16.6 Å². The van der Waals surface area contributed by atoms with Gasteiger partial charge in [-0.2, -0.15) is 0 Å². The van der Waals surface area contributed by atoms with Gasteiger partial charge in [0, 0.05) is 0 Å². The molecule has 3 aliphatic rings. The first-order valence-electron chi connectivity index (χ1n) is 17.3. The molecule has 1 aliphatic heterocycles. The molecule has 4 aromatic carbocycles. The molecule has 0 bridgehead atoms. The molecule has 7 rings (SSSR count). The molecular weight excluding hydrogens is 647 g/mol. The topological polar surface area (TPSA) is 0 Å². The van der Waals surface area contributed by atoms with Crippen molar-refractivity contribution in [1.82, 2.24) is 0 Å². The molecule has 2 aliphatic carbocycles.